The summed E-state index contributed by atoms with van der Waals surface area (Å²) in [7, 11) is 0. The van der Waals surface area contributed by atoms with Gasteiger partial charge in [0.15, 0.2) is 0 Å². The molecule has 1 saturated heterocycles. The lowest BCUT2D eigenvalue weighted by molar-refractivity contribution is -0.142. The zero-order chi connectivity index (χ0) is 15.1. The molecule has 0 aliphatic carbocycles. The van der Waals surface area contributed by atoms with Crippen LogP contribution in [-0.2, 0) is 11.0 Å². The Kier molecular flexibility index (Phi) is 3.62. The zero-order valence-corrected chi connectivity index (χ0v) is 10.6. The minimum Gasteiger partial charge on any atom is -0.481 e. The van der Waals surface area contributed by atoms with Crippen molar-refractivity contribution in [1.82, 2.24) is 0 Å². The highest BCUT2D eigenvalue weighted by atomic mass is 19.4. The van der Waals surface area contributed by atoms with Crippen LogP contribution in [0.3, 0.4) is 0 Å². The van der Waals surface area contributed by atoms with Gasteiger partial charge in [-0.05, 0) is 24.1 Å². The molecule has 1 heterocycles. The van der Waals surface area contributed by atoms with Crippen molar-refractivity contribution in [2.24, 2.45) is 11.8 Å². The molecule has 1 aromatic carbocycles. The number of alkyl halides is 3. The van der Waals surface area contributed by atoms with Crippen LogP contribution in [0.2, 0.25) is 0 Å². The van der Waals surface area contributed by atoms with E-state index in [1.807, 2.05) is 0 Å². The fourth-order valence-corrected chi connectivity index (χ4v) is 2.42. The van der Waals surface area contributed by atoms with Gasteiger partial charge >= 0.3 is 12.1 Å². The minimum absolute atomic E-state index is 0.00796. The Bertz CT molecular complexity index is 530. The standard InChI is InChI=1S/C13H13F4NO2/c1-7-5-18(6-9(7)12(19)20)11-3-2-8(4-10(11)14)13(15,16)17/h2-4,7,9H,5-6H2,1H3,(H,19,20)/t7-,9-/m1/s1. The van der Waals surface area contributed by atoms with Gasteiger partial charge in [-0.2, -0.15) is 13.2 Å². The molecule has 20 heavy (non-hydrogen) atoms. The van der Waals surface area contributed by atoms with Gasteiger partial charge < -0.3 is 10.0 Å². The lowest BCUT2D eigenvalue weighted by Crippen LogP contribution is -2.24. The van der Waals surface area contributed by atoms with E-state index in [0.717, 1.165) is 12.1 Å². The summed E-state index contributed by atoms with van der Waals surface area (Å²) in [5.74, 6) is -2.80. The molecule has 2 rings (SSSR count). The number of carboxylic acids is 1. The summed E-state index contributed by atoms with van der Waals surface area (Å²) in [5, 5.41) is 9.00. The number of carboxylic acid groups (broad SMARTS) is 1. The fraction of sp³-hybridized carbons (Fsp3) is 0.462. The lowest BCUT2D eigenvalue weighted by Gasteiger charge is -2.20. The summed E-state index contributed by atoms with van der Waals surface area (Å²) in [6.45, 7) is 2.12. The van der Waals surface area contributed by atoms with E-state index in [1.54, 1.807) is 6.92 Å². The Morgan fingerprint density at radius 1 is 1.35 bits per heavy atom. The summed E-state index contributed by atoms with van der Waals surface area (Å²) in [6.07, 6.45) is -4.60. The smallest absolute Gasteiger partial charge is 0.416 e. The average Bonchev–Trinajstić information content (AvgIpc) is 2.69. The molecular formula is C13H13F4NO2. The summed E-state index contributed by atoms with van der Waals surface area (Å²) in [4.78, 5) is 12.5. The highest BCUT2D eigenvalue weighted by Crippen LogP contribution is 2.34. The van der Waals surface area contributed by atoms with Crippen molar-refractivity contribution in [3.05, 3.63) is 29.6 Å². The molecular weight excluding hydrogens is 278 g/mol. The van der Waals surface area contributed by atoms with Gasteiger partial charge in [-0.25, -0.2) is 4.39 Å². The topological polar surface area (TPSA) is 40.5 Å². The first-order valence-electron chi connectivity index (χ1n) is 6.04. The van der Waals surface area contributed by atoms with Gasteiger partial charge in [-0.1, -0.05) is 6.92 Å². The first-order valence-corrected chi connectivity index (χ1v) is 6.04. The number of halogens is 4. The van der Waals surface area contributed by atoms with Crippen molar-refractivity contribution in [1.29, 1.82) is 0 Å². The quantitative estimate of drug-likeness (QED) is 0.852. The van der Waals surface area contributed by atoms with Crippen LogP contribution in [-0.4, -0.2) is 24.2 Å². The van der Waals surface area contributed by atoms with Gasteiger partial charge in [-0.3, -0.25) is 4.79 Å². The van der Waals surface area contributed by atoms with Crippen molar-refractivity contribution >= 4 is 11.7 Å². The molecule has 3 nitrogen and oxygen atoms in total. The van der Waals surface area contributed by atoms with Crippen LogP contribution >= 0.6 is 0 Å². The molecule has 7 heteroatoms. The van der Waals surface area contributed by atoms with Crippen LogP contribution in [0.25, 0.3) is 0 Å². The van der Waals surface area contributed by atoms with Crippen LogP contribution in [0.15, 0.2) is 18.2 Å². The minimum atomic E-state index is -4.60. The van der Waals surface area contributed by atoms with Crippen molar-refractivity contribution in [2.75, 3.05) is 18.0 Å². The van der Waals surface area contributed by atoms with Gasteiger partial charge in [0.25, 0.3) is 0 Å². The molecule has 0 amide bonds. The van der Waals surface area contributed by atoms with E-state index < -0.39 is 29.4 Å². The molecule has 1 aromatic rings. The summed E-state index contributed by atoms with van der Waals surface area (Å²) < 4.78 is 51.1. The van der Waals surface area contributed by atoms with Gasteiger partial charge in [0.05, 0.1) is 17.2 Å². The number of benzene rings is 1. The highest BCUT2D eigenvalue weighted by molar-refractivity contribution is 5.72. The molecule has 2 atom stereocenters. The molecule has 1 aliphatic heterocycles. The van der Waals surface area contributed by atoms with E-state index in [0.29, 0.717) is 12.6 Å². The highest BCUT2D eigenvalue weighted by Gasteiger charge is 2.37. The Labute approximate surface area is 112 Å². The second-order valence-corrected chi connectivity index (χ2v) is 4.99. The fourth-order valence-electron chi connectivity index (χ4n) is 2.42. The number of anilines is 1. The largest absolute Gasteiger partial charge is 0.481 e. The van der Waals surface area contributed by atoms with Crippen molar-refractivity contribution in [3.63, 3.8) is 0 Å². The maximum atomic E-state index is 13.8. The number of carbonyl (C=O) groups is 1. The van der Waals surface area contributed by atoms with E-state index in [2.05, 4.69) is 0 Å². The number of nitrogens with zero attached hydrogens (tertiary/aromatic N) is 1. The normalized spacial score (nSPS) is 23.1. The molecule has 0 unspecified atom stereocenters. The zero-order valence-electron chi connectivity index (χ0n) is 10.6. The van der Waals surface area contributed by atoms with Crippen molar-refractivity contribution in [2.45, 2.75) is 13.1 Å². The summed E-state index contributed by atoms with van der Waals surface area (Å²) >= 11 is 0. The monoisotopic (exact) mass is 291 g/mol. The number of rotatable bonds is 2. The maximum absolute atomic E-state index is 13.8. The third-order valence-corrected chi connectivity index (χ3v) is 3.55. The maximum Gasteiger partial charge on any atom is 0.416 e. The van der Waals surface area contributed by atoms with Crippen LogP contribution < -0.4 is 4.90 Å². The Balaban J connectivity index is 2.25. The van der Waals surface area contributed by atoms with Crippen LogP contribution in [0.5, 0.6) is 0 Å². The molecule has 0 spiro atoms. The summed E-state index contributed by atoms with van der Waals surface area (Å²) in [5.41, 5.74) is -1.05. The van der Waals surface area contributed by atoms with Crippen LogP contribution in [0.1, 0.15) is 12.5 Å². The summed E-state index contributed by atoms with van der Waals surface area (Å²) in [6, 6.07) is 2.29. The second kappa shape index (κ2) is 4.96. The molecule has 0 radical (unpaired) electrons. The van der Waals surface area contributed by atoms with Crippen LogP contribution in [0.4, 0.5) is 23.2 Å². The first-order chi connectivity index (χ1) is 9.20. The van der Waals surface area contributed by atoms with Gasteiger partial charge in [0, 0.05) is 13.1 Å². The third-order valence-electron chi connectivity index (χ3n) is 3.55. The van der Waals surface area contributed by atoms with Gasteiger partial charge in [0.2, 0.25) is 0 Å². The number of hydrogen-bond donors (Lipinski definition) is 1. The van der Waals surface area contributed by atoms with E-state index >= 15 is 0 Å². The lowest BCUT2D eigenvalue weighted by atomic mass is 9.99. The molecule has 110 valence electrons. The van der Waals surface area contributed by atoms with Crippen molar-refractivity contribution < 1.29 is 27.5 Å². The first kappa shape index (κ1) is 14.6. The predicted octanol–water partition coefficient (Wildman–Crippen LogP) is 3.00. The third kappa shape index (κ3) is 2.71. The number of aliphatic carboxylic acids is 1. The Morgan fingerprint density at radius 2 is 2.00 bits per heavy atom. The van der Waals surface area contributed by atoms with E-state index in [9.17, 15) is 22.4 Å². The second-order valence-electron chi connectivity index (χ2n) is 4.99. The van der Waals surface area contributed by atoms with E-state index in [1.165, 1.54) is 4.90 Å². The van der Waals surface area contributed by atoms with Gasteiger partial charge in [-0.15, -0.1) is 0 Å². The molecule has 1 aliphatic rings. The molecule has 0 bridgehead atoms. The number of hydrogen-bond acceptors (Lipinski definition) is 2. The van der Waals surface area contributed by atoms with E-state index in [-0.39, 0.29) is 18.2 Å². The molecule has 0 aromatic heterocycles. The SMILES string of the molecule is C[C@@H]1CN(c2ccc(C(F)(F)F)cc2F)C[C@H]1C(=O)O. The van der Waals surface area contributed by atoms with Crippen LogP contribution in [0, 0.1) is 17.7 Å². The Morgan fingerprint density at radius 3 is 2.45 bits per heavy atom. The average molecular weight is 291 g/mol. The molecule has 0 saturated carbocycles. The van der Waals surface area contributed by atoms with Gasteiger partial charge in [0.1, 0.15) is 5.82 Å². The molecule has 1 fully saturated rings. The Hall–Kier alpha value is -1.79. The predicted molar refractivity (Wildman–Crippen MR) is 63.9 cm³/mol. The van der Waals surface area contributed by atoms with E-state index in [4.69, 9.17) is 5.11 Å². The molecule has 1 N–H and O–H groups in total. The van der Waals surface area contributed by atoms with Crippen molar-refractivity contribution in [3.8, 4) is 0 Å².